The Morgan fingerprint density at radius 2 is 2.20 bits per heavy atom. The van der Waals surface area contributed by atoms with E-state index in [4.69, 9.17) is 10.5 Å². The topological polar surface area (TPSA) is 48.1 Å². The molecule has 2 rings (SSSR count). The largest absolute Gasteiger partial charge is 0.477 e. The molecule has 2 heterocycles. The summed E-state index contributed by atoms with van der Waals surface area (Å²) in [5.41, 5.74) is 5.98. The number of fused-ring (bicyclic) bond motifs is 1. The Kier molecular flexibility index (Phi) is 2.10. The molecule has 0 amide bonds. The number of ether oxygens (including phenoxy) is 1. The molecule has 4 heteroatoms. The van der Waals surface area contributed by atoms with E-state index in [9.17, 15) is 4.39 Å². The molecular formula is C11H15FN2O. The molecule has 0 saturated carbocycles. The van der Waals surface area contributed by atoms with Gasteiger partial charge in [-0.3, -0.25) is 0 Å². The van der Waals surface area contributed by atoms with Crippen LogP contribution < -0.4 is 10.5 Å². The summed E-state index contributed by atoms with van der Waals surface area (Å²) in [5, 5.41) is 0. The maximum atomic E-state index is 13.7. The van der Waals surface area contributed by atoms with E-state index in [1.807, 2.05) is 0 Å². The van der Waals surface area contributed by atoms with Crippen LogP contribution in [-0.4, -0.2) is 11.6 Å². The first-order valence-corrected chi connectivity index (χ1v) is 4.98. The zero-order chi connectivity index (χ0) is 11.2. The summed E-state index contributed by atoms with van der Waals surface area (Å²) in [6.07, 6.45) is 0. The lowest BCUT2D eigenvalue weighted by atomic mass is 9.78. The molecule has 0 aromatic carbocycles. The number of hydrogen-bond donors (Lipinski definition) is 1. The Balaban J connectivity index is 2.51. The highest BCUT2D eigenvalue weighted by molar-refractivity contribution is 5.43. The fourth-order valence-corrected chi connectivity index (χ4v) is 1.87. The first-order chi connectivity index (χ1) is 6.89. The number of rotatable bonds is 0. The minimum Gasteiger partial charge on any atom is -0.477 e. The van der Waals surface area contributed by atoms with Crippen molar-refractivity contribution in [3.8, 4) is 5.88 Å². The van der Waals surface area contributed by atoms with Gasteiger partial charge >= 0.3 is 0 Å². The lowest BCUT2D eigenvalue weighted by molar-refractivity contribution is 0.238. The van der Waals surface area contributed by atoms with Crippen molar-refractivity contribution in [2.75, 3.05) is 12.3 Å². The van der Waals surface area contributed by atoms with Gasteiger partial charge in [0.15, 0.2) is 0 Å². The van der Waals surface area contributed by atoms with E-state index in [0.717, 1.165) is 0 Å². The second-order valence-electron chi connectivity index (χ2n) is 4.98. The van der Waals surface area contributed by atoms with E-state index in [2.05, 4.69) is 25.8 Å². The molecule has 0 aliphatic carbocycles. The molecule has 1 aliphatic rings. The number of pyridine rings is 1. The number of nitrogen functional groups attached to an aromatic ring is 1. The Morgan fingerprint density at radius 3 is 2.80 bits per heavy atom. The average Bonchev–Trinajstić information content (AvgIpc) is 2.45. The van der Waals surface area contributed by atoms with Crippen LogP contribution in [0.4, 0.5) is 10.2 Å². The minimum atomic E-state index is -0.310. The molecule has 2 N–H and O–H groups in total. The van der Waals surface area contributed by atoms with Crippen molar-refractivity contribution in [2.45, 2.75) is 26.7 Å². The molecule has 1 aliphatic heterocycles. The van der Waals surface area contributed by atoms with E-state index >= 15 is 0 Å². The van der Waals surface area contributed by atoms with Gasteiger partial charge < -0.3 is 10.5 Å². The molecule has 0 fully saturated rings. The van der Waals surface area contributed by atoms with Gasteiger partial charge in [-0.2, -0.15) is 4.98 Å². The maximum Gasteiger partial charge on any atom is 0.221 e. The van der Waals surface area contributed by atoms with Gasteiger partial charge in [0, 0.05) is 12.0 Å². The fourth-order valence-electron chi connectivity index (χ4n) is 1.87. The van der Waals surface area contributed by atoms with Gasteiger partial charge in [-0.15, -0.1) is 0 Å². The highest BCUT2D eigenvalue weighted by Gasteiger charge is 2.37. The lowest BCUT2D eigenvalue weighted by Gasteiger charge is -2.25. The summed E-state index contributed by atoms with van der Waals surface area (Å²) in [5.74, 6) is 0.253. The number of nitrogens with two attached hydrogens (primary N) is 1. The summed E-state index contributed by atoms with van der Waals surface area (Å²) >= 11 is 0. The highest BCUT2D eigenvalue weighted by atomic mass is 19.1. The van der Waals surface area contributed by atoms with Crippen LogP contribution in [0, 0.1) is 11.2 Å². The number of anilines is 1. The zero-order valence-corrected chi connectivity index (χ0v) is 9.17. The van der Waals surface area contributed by atoms with Crippen LogP contribution in [0.3, 0.4) is 0 Å². The molecule has 0 radical (unpaired) electrons. The van der Waals surface area contributed by atoms with Gasteiger partial charge in [0.05, 0.1) is 12.2 Å². The Bertz CT molecular complexity index is 398. The average molecular weight is 210 g/mol. The van der Waals surface area contributed by atoms with Crippen LogP contribution in [0.1, 0.15) is 32.3 Å². The van der Waals surface area contributed by atoms with E-state index in [1.165, 1.54) is 6.07 Å². The standard InChI is InChI=1S/C11H15FN2O/c1-11(2,3)6-5-15-10-9(6)7(12)4-8(13)14-10/h4,6H,5H2,1-3H3,(H2,13,14). The van der Waals surface area contributed by atoms with Crippen molar-refractivity contribution < 1.29 is 9.13 Å². The number of nitrogens with zero attached hydrogens (tertiary/aromatic N) is 1. The summed E-state index contributed by atoms with van der Waals surface area (Å²) in [4.78, 5) is 3.99. The van der Waals surface area contributed by atoms with Crippen molar-refractivity contribution in [2.24, 2.45) is 5.41 Å². The molecule has 3 nitrogen and oxygen atoms in total. The normalized spacial score (nSPS) is 19.9. The van der Waals surface area contributed by atoms with Crippen LogP contribution in [0.5, 0.6) is 5.88 Å². The van der Waals surface area contributed by atoms with Crippen LogP contribution >= 0.6 is 0 Å². The second kappa shape index (κ2) is 3.08. The van der Waals surface area contributed by atoms with Gasteiger partial charge in [0.25, 0.3) is 0 Å². The predicted octanol–water partition coefficient (Wildman–Crippen LogP) is 2.33. The smallest absolute Gasteiger partial charge is 0.221 e. The maximum absolute atomic E-state index is 13.7. The summed E-state index contributed by atoms with van der Waals surface area (Å²) in [7, 11) is 0. The number of hydrogen-bond acceptors (Lipinski definition) is 3. The molecule has 0 spiro atoms. The van der Waals surface area contributed by atoms with Gasteiger partial charge in [-0.05, 0) is 5.41 Å². The van der Waals surface area contributed by atoms with E-state index in [-0.39, 0.29) is 23.0 Å². The Morgan fingerprint density at radius 1 is 1.53 bits per heavy atom. The van der Waals surface area contributed by atoms with Crippen LogP contribution in [0.25, 0.3) is 0 Å². The third kappa shape index (κ3) is 1.64. The Hall–Kier alpha value is -1.32. The molecule has 0 saturated heterocycles. The van der Waals surface area contributed by atoms with Gasteiger partial charge in [0.1, 0.15) is 11.6 Å². The summed E-state index contributed by atoms with van der Waals surface area (Å²) < 4.78 is 19.1. The van der Waals surface area contributed by atoms with Crippen molar-refractivity contribution in [3.63, 3.8) is 0 Å². The predicted molar refractivity (Wildman–Crippen MR) is 56.3 cm³/mol. The van der Waals surface area contributed by atoms with Crippen LogP contribution in [0.15, 0.2) is 6.07 Å². The van der Waals surface area contributed by atoms with E-state index in [1.54, 1.807) is 0 Å². The first-order valence-electron chi connectivity index (χ1n) is 4.98. The molecule has 1 atom stereocenters. The number of aromatic nitrogens is 1. The third-order valence-corrected chi connectivity index (χ3v) is 2.77. The monoisotopic (exact) mass is 210 g/mol. The quantitative estimate of drug-likeness (QED) is 0.714. The summed E-state index contributed by atoms with van der Waals surface area (Å²) in [6, 6.07) is 1.26. The fraction of sp³-hybridized carbons (Fsp3) is 0.545. The van der Waals surface area contributed by atoms with Crippen molar-refractivity contribution >= 4 is 5.82 Å². The second-order valence-corrected chi connectivity index (χ2v) is 4.98. The van der Waals surface area contributed by atoms with E-state index < -0.39 is 0 Å². The molecule has 1 aromatic rings. The van der Waals surface area contributed by atoms with Crippen molar-refractivity contribution in [1.29, 1.82) is 0 Å². The van der Waals surface area contributed by atoms with Gasteiger partial charge in [-0.1, -0.05) is 20.8 Å². The van der Waals surface area contributed by atoms with Crippen molar-refractivity contribution in [3.05, 3.63) is 17.4 Å². The molecule has 1 unspecified atom stereocenters. The first kappa shape index (κ1) is 10.2. The van der Waals surface area contributed by atoms with E-state index in [0.29, 0.717) is 18.1 Å². The highest BCUT2D eigenvalue weighted by Crippen LogP contribution is 2.44. The van der Waals surface area contributed by atoms with Crippen LogP contribution in [0.2, 0.25) is 0 Å². The van der Waals surface area contributed by atoms with Gasteiger partial charge in [-0.25, -0.2) is 4.39 Å². The lowest BCUT2D eigenvalue weighted by Crippen LogP contribution is -2.20. The third-order valence-electron chi connectivity index (χ3n) is 2.77. The molecular weight excluding hydrogens is 195 g/mol. The number of halogens is 1. The summed E-state index contributed by atoms with van der Waals surface area (Å²) in [6.45, 7) is 6.66. The molecule has 1 aromatic heterocycles. The molecule has 82 valence electrons. The SMILES string of the molecule is CC(C)(C)C1COc2nc(N)cc(F)c21. The van der Waals surface area contributed by atoms with Crippen LogP contribution in [-0.2, 0) is 0 Å². The van der Waals surface area contributed by atoms with Gasteiger partial charge in [0.2, 0.25) is 5.88 Å². The molecule has 0 bridgehead atoms. The van der Waals surface area contributed by atoms with Crippen molar-refractivity contribution in [1.82, 2.24) is 4.98 Å². The minimum absolute atomic E-state index is 0.0378. The Labute approximate surface area is 88.5 Å². The zero-order valence-electron chi connectivity index (χ0n) is 9.17. The molecule has 15 heavy (non-hydrogen) atoms.